The molecule has 1 fully saturated rings. The lowest BCUT2D eigenvalue weighted by Gasteiger charge is -2.36. The van der Waals surface area contributed by atoms with Crippen LogP contribution in [0, 0.1) is 23.3 Å². The molecular formula is C19H20F4N2O2S. The topological polar surface area (TPSA) is 40.6 Å². The fourth-order valence-electron chi connectivity index (χ4n) is 3.21. The average molecular weight is 416 g/mol. The summed E-state index contributed by atoms with van der Waals surface area (Å²) in [5, 5.41) is 0. The number of rotatable bonds is 6. The van der Waals surface area contributed by atoms with Crippen LogP contribution in [0.2, 0.25) is 0 Å². The molecule has 1 aliphatic heterocycles. The lowest BCUT2D eigenvalue weighted by Crippen LogP contribution is -2.47. The maximum atomic E-state index is 13.9. The molecule has 0 spiro atoms. The molecule has 1 saturated heterocycles. The van der Waals surface area contributed by atoms with Crippen LogP contribution >= 0.6 is 0 Å². The number of hydrogen-bond acceptors (Lipinski definition) is 4. The van der Waals surface area contributed by atoms with E-state index in [2.05, 4.69) is 0 Å². The molecule has 0 amide bonds. The summed E-state index contributed by atoms with van der Waals surface area (Å²) in [6.07, 6.45) is 0.402. The summed E-state index contributed by atoms with van der Waals surface area (Å²) >= 11 is 0. The highest BCUT2D eigenvalue weighted by Crippen LogP contribution is 2.24. The molecule has 2 aromatic carbocycles. The Morgan fingerprint density at radius 2 is 1.46 bits per heavy atom. The molecule has 1 aliphatic rings. The van der Waals surface area contributed by atoms with Crippen molar-refractivity contribution in [3.8, 4) is 0 Å². The summed E-state index contributed by atoms with van der Waals surface area (Å²) in [6.45, 7) is 2.48. The SMILES string of the molecule is O=S(=O)(CCCN1CCN(c2ccc(F)c(F)c2F)CC1)c1ccc(F)cc1. The Balaban J connectivity index is 1.50. The van der Waals surface area contributed by atoms with Crippen molar-refractivity contribution in [3.05, 3.63) is 59.7 Å². The number of piperazine rings is 1. The number of anilines is 1. The minimum Gasteiger partial charge on any atom is -0.367 e. The van der Waals surface area contributed by atoms with E-state index >= 15 is 0 Å². The molecule has 0 bridgehead atoms. The maximum Gasteiger partial charge on any atom is 0.196 e. The van der Waals surface area contributed by atoms with Gasteiger partial charge in [0.2, 0.25) is 0 Å². The first-order valence-electron chi connectivity index (χ1n) is 8.87. The average Bonchev–Trinajstić information content (AvgIpc) is 2.67. The van der Waals surface area contributed by atoms with E-state index in [1.54, 1.807) is 4.90 Å². The molecule has 152 valence electrons. The quantitative estimate of drug-likeness (QED) is 0.412. The van der Waals surface area contributed by atoms with Gasteiger partial charge in [0, 0.05) is 26.2 Å². The van der Waals surface area contributed by atoms with E-state index in [0.29, 0.717) is 39.1 Å². The third-order valence-corrected chi connectivity index (χ3v) is 6.60. The molecule has 0 saturated carbocycles. The highest BCUT2D eigenvalue weighted by atomic mass is 32.2. The van der Waals surface area contributed by atoms with Crippen LogP contribution in [0.3, 0.4) is 0 Å². The summed E-state index contributed by atoms with van der Waals surface area (Å²) < 4.78 is 77.8. The van der Waals surface area contributed by atoms with Crippen molar-refractivity contribution in [3.63, 3.8) is 0 Å². The fraction of sp³-hybridized carbons (Fsp3) is 0.368. The van der Waals surface area contributed by atoms with E-state index in [9.17, 15) is 26.0 Å². The van der Waals surface area contributed by atoms with Gasteiger partial charge in [-0.3, -0.25) is 4.90 Å². The van der Waals surface area contributed by atoms with Crippen molar-refractivity contribution in [2.24, 2.45) is 0 Å². The highest BCUT2D eigenvalue weighted by Gasteiger charge is 2.23. The van der Waals surface area contributed by atoms with Crippen LogP contribution in [0.5, 0.6) is 0 Å². The number of hydrogen-bond donors (Lipinski definition) is 0. The smallest absolute Gasteiger partial charge is 0.196 e. The molecule has 0 radical (unpaired) electrons. The molecule has 28 heavy (non-hydrogen) atoms. The van der Waals surface area contributed by atoms with Gasteiger partial charge < -0.3 is 4.90 Å². The second-order valence-corrected chi connectivity index (χ2v) is 8.76. The zero-order valence-electron chi connectivity index (χ0n) is 15.0. The first-order chi connectivity index (χ1) is 13.3. The zero-order chi connectivity index (χ0) is 20.3. The van der Waals surface area contributed by atoms with Crippen molar-refractivity contribution in [1.29, 1.82) is 0 Å². The number of sulfone groups is 1. The Morgan fingerprint density at radius 1 is 0.821 bits per heavy atom. The summed E-state index contributed by atoms with van der Waals surface area (Å²) in [6, 6.07) is 6.85. The Morgan fingerprint density at radius 3 is 2.11 bits per heavy atom. The van der Waals surface area contributed by atoms with Crippen LogP contribution in [0.4, 0.5) is 23.2 Å². The van der Waals surface area contributed by atoms with Crippen molar-refractivity contribution in [1.82, 2.24) is 4.90 Å². The van der Waals surface area contributed by atoms with E-state index < -0.39 is 33.1 Å². The van der Waals surface area contributed by atoms with Gasteiger partial charge in [-0.2, -0.15) is 0 Å². The van der Waals surface area contributed by atoms with E-state index in [-0.39, 0.29) is 16.3 Å². The van der Waals surface area contributed by atoms with Gasteiger partial charge in [0.05, 0.1) is 16.3 Å². The number of nitrogens with zero attached hydrogens (tertiary/aromatic N) is 2. The number of halogens is 4. The molecule has 0 aliphatic carbocycles. The molecule has 0 atom stereocenters. The summed E-state index contributed by atoms with van der Waals surface area (Å²) in [5.41, 5.74) is 0.0254. The Hall–Kier alpha value is -2.13. The predicted octanol–water partition coefficient (Wildman–Crippen LogP) is 3.23. The van der Waals surface area contributed by atoms with Gasteiger partial charge in [0.1, 0.15) is 5.82 Å². The van der Waals surface area contributed by atoms with Gasteiger partial charge in [0.15, 0.2) is 27.3 Å². The molecule has 0 N–H and O–H groups in total. The summed E-state index contributed by atoms with van der Waals surface area (Å²) in [5.74, 6) is -4.45. The van der Waals surface area contributed by atoms with Gasteiger partial charge in [-0.25, -0.2) is 26.0 Å². The highest BCUT2D eigenvalue weighted by molar-refractivity contribution is 7.91. The van der Waals surface area contributed by atoms with Crippen LogP contribution in [-0.2, 0) is 9.84 Å². The third-order valence-electron chi connectivity index (χ3n) is 4.79. The van der Waals surface area contributed by atoms with E-state index in [0.717, 1.165) is 18.2 Å². The van der Waals surface area contributed by atoms with Crippen LogP contribution in [0.1, 0.15) is 6.42 Å². The zero-order valence-corrected chi connectivity index (χ0v) is 15.9. The molecular weight excluding hydrogens is 396 g/mol. The standard InChI is InChI=1S/C19H20F4N2O2S/c20-14-2-4-15(5-3-14)28(26,27)13-1-8-24-9-11-25(12-10-24)17-7-6-16(21)18(22)19(17)23/h2-7H,1,8-13H2. The van der Waals surface area contributed by atoms with Gasteiger partial charge in [0.25, 0.3) is 0 Å². The minimum atomic E-state index is -3.48. The minimum absolute atomic E-state index is 0.0254. The largest absolute Gasteiger partial charge is 0.367 e. The number of benzene rings is 2. The van der Waals surface area contributed by atoms with Crippen LogP contribution < -0.4 is 4.90 Å². The van der Waals surface area contributed by atoms with Crippen LogP contribution in [0.25, 0.3) is 0 Å². The van der Waals surface area contributed by atoms with E-state index in [1.807, 2.05) is 4.90 Å². The lowest BCUT2D eigenvalue weighted by atomic mass is 10.2. The van der Waals surface area contributed by atoms with Crippen molar-refractivity contribution < 1.29 is 26.0 Å². The Labute approximate surface area is 161 Å². The first-order valence-corrected chi connectivity index (χ1v) is 10.5. The molecule has 4 nitrogen and oxygen atoms in total. The summed E-state index contributed by atoms with van der Waals surface area (Å²) in [4.78, 5) is 3.77. The lowest BCUT2D eigenvalue weighted by molar-refractivity contribution is 0.257. The Bertz CT molecular complexity index is 928. The molecule has 0 unspecified atom stereocenters. The first kappa shape index (κ1) is 20.6. The Kier molecular flexibility index (Phi) is 6.24. The van der Waals surface area contributed by atoms with Gasteiger partial charge in [-0.05, 0) is 49.4 Å². The van der Waals surface area contributed by atoms with E-state index in [1.165, 1.54) is 18.2 Å². The molecule has 9 heteroatoms. The van der Waals surface area contributed by atoms with E-state index in [4.69, 9.17) is 0 Å². The predicted molar refractivity (Wildman–Crippen MR) is 98.0 cm³/mol. The maximum absolute atomic E-state index is 13.9. The normalized spacial score (nSPS) is 15.8. The van der Waals surface area contributed by atoms with Gasteiger partial charge in [-0.15, -0.1) is 0 Å². The molecule has 3 rings (SSSR count). The second kappa shape index (κ2) is 8.48. The van der Waals surface area contributed by atoms with Crippen molar-refractivity contribution >= 4 is 15.5 Å². The fourth-order valence-corrected chi connectivity index (χ4v) is 4.51. The van der Waals surface area contributed by atoms with Gasteiger partial charge >= 0.3 is 0 Å². The van der Waals surface area contributed by atoms with Crippen LogP contribution in [-0.4, -0.2) is 51.8 Å². The van der Waals surface area contributed by atoms with Gasteiger partial charge in [-0.1, -0.05) is 0 Å². The molecule has 0 aromatic heterocycles. The monoisotopic (exact) mass is 416 g/mol. The molecule has 2 aromatic rings. The summed E-state index contributed by atoms with van der Waals surface area (Å²) in [7, 11) is -3.48. The van der Waals surface area contributed by atoms with Crippen molar-refractivity contribution in [2.45, 2.75) is 11.3 Å². The second-order valence-electron chi connectivity index (χ2n) is 6.65. The third kappa shape index (κ3) is 4.64. The molecule has 1 heterocycles. The van der Waals surface area contributed by atoms with Crippen LogP contribution in [0.15, 0.2) is 41.3 Å². The van der Waals surface area contributed by atoms with Crippen molar-refractivity contribution in [2.75, 3.05) is 43.4 Å².